The fourth-order valence-corrected chi connectivity index (χ4v) is 3.76. The maximum Gasteiger partial charge on any atom is 0.0923 e. The number of nitrogens with two attached hydrogens (primary N) is 1. The van der Waals surface area contributed by atoms with E-state index in [-0.39, 0.29) is 0 Å². The summed E-state index contributed by atoms with van der Waals surface area (Å²) in [6.45, 7) is 0. The van der Waals surface area contributed by atoms with Crippen LogP contribution in [0.2, 0.25) is 5.02 Å². The van der Waals surface area contributed by atoms with Crippen LogP contribution < -0.4 is 11.3 Å². The molecule has 3 N–H and O–H groups in total. The second-order valence-corrected chi connectivity index (χ2v) is 6.54. The highest BCUT2D eigenvalue weighted by molar-refractivity contribution is 14.1. The molecular formula is C14H15ClIN3. The molecule has 0 saturated heterocycles. The number of hydrazine groups is 1. The molecule has 0 spiro atoms. The summed E-state index contributed by atoms with van der Waals surface area (Å²) in [5, 5.41) is 1.70. The number of hydrogen-bond donors (Lipinski definition) is 2. The second kappa shape index (κ2) is 5.42. The smallest absolute Gasteiger partial charge is 0.0923 e. The summed E-state index contributed by atoms with van der Waals surface area (Å²) < 4.78 is 1.11. The van der Waals surface area contributed by atoms with E-state index in [1.165, 1.54) is 25.7 Å². The molecule has 1 fully saturated rings. The Kier molecular flexibility index (Phi) is 3.82. The minimum atomic E-state index is 0.547. The van der Waals surface area contributed by atoms with Crippen LogP contribution in [0, 0.1) is 3.57 Å². The Morgan fingerprint density at radius 3 is 2.74 bits per heavy atom. The van der Waals surface area contributed by atoms with Crippen molar-refractivity contribution in [2.45, 2.75) is 31.6 Å². The zero-order valence-corrected chi connectivity index (χ0v) is 13.3. The van der Waals surface area contributed by atoms with Crippen LogP contribution in [0.15, 0.2) is 18.2 Å². The van der Waals surface area contributed by atoms with Gasteiger partial charge in [0, 0.05) is 20.6 Å². The molecule has 5 heteroatoms. The molecule has 0 bridgehead atoms. The number of pyridine rings is 1. The molecule has 3 nitrogen and oxygen atoms in total. The largest absolute Gasteiger partial charge is 0.323 e. The molecule has 0 atom stereocenters. The molecule has 1 aromatic heterocycles. The molecule has 0 radical (unpaired) electrons. The van der Waals surface area contributed by atoms with Crippen LogP contribution in [0.25, 0.3) is 10.9 Å². The van der Waals surface area contributed by atoms with E-state index in [0.717, 1.165) is 25.9 Å². The zero-order valence-electron chi connectivity index (χ0n) is 10.4. The van der Waals surface area contributed by atoms with Crippen LogP contribution in [0.4, 0.5) is 5.69 Å². The number of halogens is 2. The molecule has 100 valence electrons. The lowest BCUT2D eigenvalue weighted by molar-refractivity contribution is 0.701. The Morgan fingerprint density at radius 2 is 2.05 bits per heavy atom. The van der Waals surface area contributed by atoms with Crippen LogP contribution in [-0.4, -0.2) is 4.98 Å². The van der Waals surface area contributed by atoms with Crippen LogP contribution in [0.5, 0.6) is 0 Å². The van der Waals surface area contributed by atoms with E-state index in [1.807, 2.05) is 12.1 Å². The number of rotatable bonds is 2. The van der Waals surface area contributed by atoms with E-state index < -0.39 is 0 Å². The normalized spacial score (nSPS) is 16.2. The molecule has 0 aliphatic heterocycles. The first kappa shape index (κ1) is 13.4. The van der Waals surface area contributed by atoms with Gasteiger partial charge < -0.3 is 5.43 Å². The molecule has 1 aliphatic rings. The second-order valence-electron chi connectivity index (χ2n) is 4.97. The Hall–Kier alpha value is -0.590. The minimum absolute atomic E-state index is 0.547. The number of hydrogen-bond acceptors (Lipinski definition) is 3. The first-order valence-corrected chi connectivity index (χ1v) is 7.91. The van der Waals surface area contributed by atoms with Gasteiger partial charge in [0.15, 0.2) is 0 Å². The van der Waals surface area contributed by atoms with Gasteiger partial charge in [0.1, 0.15) is 0 Å². The SMILES string of the molecule is NNc1cc(C2CCCC2)nc2c(Cl)ccc(I)c12. The van der Waals surface area contributed by atoms with Gasteiger partial charge in [-0.15, -0.1) is 0 Å². The van der Waals surface area contributed by atoms with Gasteiger partial charge in [0.2, 0.25) is 0 Å². The van der Waals surface area contributed by atoms with Gasteiger partial charge in [0.05, 0.1) is 16.2 Å². The van der Waals surface area contributed by atoms with Gasteiger partial charge in [-0.3, -0.25) is 10.8 Å². The summed E-state index contributed by atoms with van der Waals surface area (Å²) in [4.78, 5) is 4.79. The van der Waals surface area contributed by atoms with Crippen LogP contribution in [0.3, 0.4) is 0 Å². The van der Waals surface area contributed by atoms with Crippen LogP contribution >= 0.6 is 34.2 Å². The highest BCUT2D eigenvalue weighted by Crippen LogP contribution is 2.38. The van der Waals surface area contributed by atoms with E-state index >= 15 is 0 Å². The van der Waals surface area contributed by atoms with Crippen molar-refractivity contribution in [1.29, 1.82) is 0 Å². The fourth-order valence-electron chi connectivity index (χ4n) is 2.83. The third-order valence-corrected chi connectivity index (χ3v) is 5.01. The van der Waals surface area contributed by atoms with Gasteiger partial charge in [-0.2, -0.15) is 0 Å². The van der Waals surface area contributed by atoms with Gasteiger partial charge >= 0.3 is 0 Å². The van der Waals surface area contributed by atoms with Crippen LogP contribution in [0.1, 0.15) is 37.3 Å². The Balaban J connectivity index is 2.24. The molecular weight excluding hydrogens is 373 g/mol. The van der Waals surface area contributed by atoms with Crippen molar-refractivity contribution in [3.8, 4) is 0 Å². The number of nitrogens with zero attached hydrogens (tertiary/aromatic N) is 1. The van der Waals surface area contributed by atoms with Crippen LogP contribution in [-0.2, 0) is 0 Å². The van der Waals surface area contributed by atoms with Crippen molar-refractivity contribution in [2.24, 2.45) is 5.84 Å². The lowest BCUT2D eigenvalue weighted by Crippen LogP contribution is -2.10. The summed E-state index contributed by atoms with van der Waals surface area (Å²) in [6, 6.07) is 5.97. The topological polar surface area (TPSA) is 50.9 Å². The zero-order chi connectivity index (χ0) is 13.4. The van der Waals surface area contributed by atoms with Crippen molar-refractivity contribution in [2.75, 3.05) is 5.43 Å². The van der Waals surface area contributed by atoms with Gasteiger partial charge in [-0.1, -0.05) is 24.4 Å². The third-order valence-electron chi connectivity index (χ3n) is 3.81. The molecule has 1 aliphatic carbocycles. The summed E-state index contributed by atoms with van der Waals surface area (Å²) in [5.74, 6) is 6.22. The number of benzene rings is 1. The van der Waals surface area contributed by atoms with Gasteiger partial charge in [-0.25, -0.2) is 0 Å². The van der Waals surface area contributed by atoms with Crippen molar-refractivity contribution >= 4 is 50.8 Å². The lowest BCUT2D eigenvalue weighted by Gasteiger charge is -2.14. The predicted molar refractivity (Wildman–Crippen MR) is 88.5 cm³/mol. The lowest BCUT2D eigenvalue weighted by atomic mass is 10.0. The molecule has 1 aromatic carbocycles. The Morgan fingerprint density at radius 1 is 1.32 bits per heavy atom. The van der Waals surface area contributed by atoms with Gasteiger partial charge in [-0.05, 0) is 53.6 Å². The molecule has 3 rings (SSSR count). The molecule has 1 saturated carbocycles. The van der Waals surface area contributed by atoms with E-state index in [4.69, 9.17) is 22.4 Å². The third kappa shape index (κ3) is 2.41. The van der Waals surface area contributed by atoms with Crippen molar-refractivity contribution in [1.82, 2.24) is 4.98 Å². The number of fused-ring (bicyclic) bond motifs is 1. The first-order chi connectivity index (χ1) is 9.20. The molecule has 2 aromatic rings. The van der Waals surface area contributed by atoms with Crippen molar-refractivity contribution < 1.29 is 0 Å². The monoisotopic (exact) mass is 387 g/mol. The van der Waals surface area contributed by atoms with E-state index in [9.17, 15) is 0 Å². The number of anilines is 1. The highest BCUT2D eigenvalue weighted by atomic mass is 127. The maximum atomic E-state index is 6.30. The summed E-state index contributed by atoms with van der Waals surface area (Å²) in [7, 11) is 0. The first-order valence-electron chi connectivity index (χ1n) is 6.46. The minimum Gasteiger partial charge on any atom is -0.323 e. The highest BCUT2D eigenvalue weighted by Gasteiger charge is 2.21. The van der Waals surface area contributed by atoms with E-state index in [1.54, 1.807) is 0 Å². The Bertz CT molecular complexity index is 624. The average molecular weight is 388 g/mol. The van der Waals surface area contributed by atoms with Crippen molar-refractivity contribution in [3.63, 3.8) is 0 Å². The molecule has 19 heavy (non-hydrogen) atoms. The predicted octanol–water partition coefficient (Wildman–Crippen LogP) is 4.44. The molecule has 0 unspecified atom stereocenters. The summed E-state index contributed by atoms with van der Waals surface area (Å²) in [5.41, 5.74) is 5.68. The summed E-state index contributed by atoms with van der Waals surface area (Å²) >= 11 is 8.59. The average Bonchev–Trinajstić information content (AvgIpc) is 2.96. The molecule has 1 heterocycles. The van der Waals surface area contributed by atoms with Crippen molar-refractivity contribution in [3.05, 3.63) is 32.5 Å². The number of aromatic nitrogens is 1. The summed E-state index contributed by atoms with van der Waals surface area (Å²) in [6.07, 6.45) is 5.00. The molecule has 0 amide bonds. The van der Waals surface area contributed by atoms with Gasteiger partial charge in [0.25, 0.3) is 0 Å². The standard InChI is InChI=1S/C14H15ClIN3/c15-9-5-6-10(16)13-12(19-17)7-11(18-14(9)13)8-3-1-2-4-8/h5-8H,1-4,17H2,(H,18,19). The van der Waals surface area contributed by atoms with E-state index in [2.05, 4.69) is 34.1 Å². The Labute approximate surface area is 131 Å². The fraction of sp³-hybridized carbons (Fsp3) is 0.357. The number of nitrogens with one attached hydrogen (secondary N) is 1. The number of nitrogen functional groups attached to an aromatic ring is 1. The quantitative estimate of drug-likeness (QED) is 0.455. The maximum absolute atomic E-state index is 6.30. The van der Waals surface area contributed by atoms with E-state index in [0.29, 0.717) is 10.9 Å².